The number of carbonyl (C=O) groups excluding carboxylic acids is 2. The lowest BCUT2D eigenvalue weighted by Crippen LogP contribution is -2.25. The maximum absolute atomic E-state index is 11.9. The van der Waals surface area contributed by atoms with Crippen molar-refractivity contribution in [1.29, 1.82) is 0 Å². The summed E-state index contributed by atoms with van der Waals surface area (Å²) in [5.74, 6) is -0.394. The van der Waals surface area contributed by atoms with Crippen molar-refractivity contribution in [1.82, 2.24) is 0 Å². The minimum absolute atomic E-state index is 0.0275. The molecular weight excluding hydrogens is 262 g/mol. The van der Waals surface area contributed by atoms with Crippen molar-refractivity contribution >= 4 is 28.4 Å². The third-order valence-corrected chi connectivity index (χ3v) is 3.82. The lowest BCUT2D eigenvalue weighted by molar-refractivity contribution is -0.120. The van der Waals surface area contributed by atoms with Crippen molar-refractivity contribution in [2.45, 2.75) is 32.6 Å². The first-order valence-corrected chi connectivity index (χ1v) is 7.08. The fourth-order valence-corrected chi connectivity index (χ4v) is 2.48. The molecule has 0 saturated carbocycles. The number of unbranched alkanes of at least 4 members (excludes halogenated alkanes) is 1. The quantitative estimate of drug-likeness (QED) is 0.777. The van der Waals surface area contributed by atoms with Gasteiger partial charge in [0.25, 0.3) is 0 Å². The molecule has 2 rings (SSSR count). The molecule has 1 fully saturated rings. The molecule has 0 aromatic heterocycles. The van der Waals surface area contributed by atoms with Crippen molar-refractivity contribution < 1.29 is 9.59 Å². The van der Waals surface area contributed by atoms with Crippen LogP contribution in [0.4, 0.5) is 5.69 Å². The summed E-state index contributed by atoms with van der Waals surface area (Å²) in [7, 11) is 0. The number of benzene rings is 1. The Bertz CT molecular complexity index is 470. The van der Waals surface area contributed by atoms with Gasteiger partial charge in [-0.15, -0.1) is 0 Å². The first-order valence-electron chi connectivity index (χ1n) is 6.70. The molecule has 1 amide bonds. The Labute approximate surface area is 118 Å². The van der Waals surface area contributed by atoms with Crippen LogP contribution >= 0.6 is 11.6 Å². The van der Waals surface area contributed by atoms with Gasteiger partial charge in [-0.3, -0.25) is 9.59 Å². The Balaban J connectivity index is 2.06. The van der Waals surface area contributed by atoms with Gasteiger partial charge in [0.15, 0.2) is 0 Å². The summed E-state index contributed by atoms with van der Waals surface area (Å²) in [4.78, 5) is 24.6. The molecule has 1 aliphatic rings. The van der Waals surface area contributed by atoms with Gasteiger partial charge in [-0.1, -0.05) is 25.5 Å². The van der Waals surface area contributed by atoms with Gasteiger partial charge in [-0.2, -0.15) is 0 Å². The molecule has 0 unspecified atom stereocenters. The zero-order valence-corrected chi connectivity index (χ0v) is 11.8. The molecule has 19 heavy (non-hydrogen) atoms. The highest BCUT2D eigenvalue weighted by Crippen LogP contribution is 2.26. The second-order valence-corrected chi connectivity index (χ2v) is 5.35. The van der Waals surface area contributed by atoms with E-state index in [2.05, 4.69) is 6.92 Å². The van der Waals surface area contributed by atoms with Crippen LogP contribution in [0.5, 0.6) is 0 Å². The van der Waals surface area contributed by atoms with Crippen LogP contribution < -0.4 is 4.90 Å². The van der Waals surface area contributed by atoms with Crippen molar-refractivity contribution in [3.8, 4) is 0 Å². The van der Waals surface area contributed by atoms with Gasteiger partial charge < -0.3 is 4.90 Å². The Kier molecular flexibility index (Phi) is 4.59. The Morgan fingerprint density at radius 3 is 2.58 bits per heavy atom. The molecule has 1 aromatic rings. The number of amides is 1. The summed E-state index contributed by atoms with van der Waals surface area (Å²) in [5, 5.41) is -0.421. The van der Waals surface area contributed by atoms with E-state index < -0.39 is 5.24 Å². The first-order chi connectivity index (χ1) is 9.11. The second-order valence-electron chi connectivity index (χ2n) is 4.98. The number of rotatable bonds is 5. The molecule has 0 bridgehead atoms. The highest BCUT2D eigenvalue weighted by atomic mass is 35.5. The molecule has 1 aromatic carbocycles. The van der Waals surface area contributed by atoms with Crippen LogP contribution in [-0.4, -0.2) is 17.7 Å². The Morgan fingerprint density at radius 2 is 2.05 bits per heavy atom. The summed E-state index contributed by atoms with van der Waals surface area (Å²) in [6.07, 6.45) is 3.63. The topological polar surface area (TPSA) is 37.4 Å². The van der Waals surface area contributed by atoms with Crippen LogP contribution in [-0.2, 0) is 16.0 Å². The van der Waals surface area contributed by atoms with E-state index in [0.29, 0.717) is 6.54 Å². The van der Waals surface area contributed by atoms with Gasteiger partial charge in [0.05, 0.1) is 5.92 Å². The average Bonchev–Trinajstić information content (AvgIpc) is 2.79. The van der Waals surface area contributed by atoms with Gasteiger partial charge in [-0.05, 0) is 42.1 Å². The van der Waals surface area contributed by atoms with E-state index >= 15 is 0 Å². The minimum Gasteiger partial charge on any atom is -0.312 e. The summed E-state index contributed by atoms with van der Waals surface area (Å²) in [6, 6.07) is 8.00. The van der Waals surface area contributed by atoms with E-state index in [9.17, 15) is 9.59 Å². The van der Waals surface area contributed by atoms with E-state index in [0.717, 1.165) is 12.1 Å². The normalized spacial score (nSPS) is 18.9. The summed E-state index contributed by atoms with van der Waals surface area (Å²) in [5.41, 5.74) is 2.13. The standard InChI is InChI=1S/C15H18ClNO2/c1-2-3-4-11-5-7-13(8-6-11)17-10-12(15(16)19)9-14(17)18/h5-8,12H,2-4,9-10H2,1H3/t12-/m0/s1. The van der Waals surface area contributed by atoms with Crippen molar-refractivity contribution in [2.75, 3.05) is 11.4 Å². The Morgan fingerprint density at radius 1 is 1.37 bits per heavy atom. The average molecular weight is 280 g/mol. The lowest BCUT2D eigenvalue weighted by Gasteiger charge is -2.16. The number of aryl methyl sites for hydroxylation is 1. The van der Waals surface area contributed by atoms with Crippen molar-refractivity contribution in [3.63, 3.8) is 0 Å². The van der Waals surface area contributed by atoms with Gasteiger partial charge in [-0.25, -0.2) is 0 Å². The molecule has 1 saturated heterocycles. The number of hydrogen-bond acceptors (Lipinski definition) is 2. The van der Waals surface area contributed by atoms with E-state index in [-0.39, 0.29) is 18.2 Å². The van der Waals surface area contributed by atoms with E-state index in [1.807, 2.05) is 24.3 Å². The van der Waals surface area contributed by atoms with Crippen LogP contribution in [0.3, 0.4) is 0 Å². The molecule has 1 aliphatic heterocycles. The number of hydrogen-bond donors (Lipinski definition) is 0. The number of halogens is 1. The number of nitrogens with zero attached hydrogens (tertiary/aromatic N) is 1. The molecule has 3 nitrogen and oxygen atoms in total. The summed E-state index contributed by atoms with van der Waals surface area (Å²) >= 11 is 5.47. The van der Waals surface area contributed by atoms with Gasteiger partial charge in [0.2, 0.25) is 11.1 Å². The Hall–Kier alpha value is -1.35. The smallest absolute Gasteiger partial charge is 0.227 e. The number of anilines is 1. The van der Waals surface area contributed by atoms with Crippen LogP contribution in [0.1, 0.15) is 31.7 Å². The largest absolute Gasteiger partial charge is 0.312 e. The third kappa shape index (κ3) is 3.35. The molecular formula is C15H18ClNO2. The number of carbonyl (C=O) groups is 2. The fourth-order valence-electron chi connectivity index (χ4n) is 2.33. The maximum atomic E-state index is 11.9. The fraction of sp³-hybridized carbons (Fsp3) is 0.467. The zero-order valence-electron chi connectivity index (χ0n) is 11.1. The van der Waals surface area contributed by atoms with Crippen molar-refractivity contribution in [3.05, 3.63) is 29.8 Å². The second kappa shape index (κ2) is 6.20. The van der Waals surface area contributed by atoms with Crippen LogP contribution in [0.15, 0.2) is 24.3 Å². The predicted octanol–water partition coefficient (Wildman–Crippen LogP) is 3.15. The summed E-state index contributed by atoms with van der Waals surface area (Å²) < 4.78 is 0. The molecule has 1 heterocycles. The predicted molar refractivity (Wildman–Crippen MR) is 76.4 cm³/mol. The maximum Gasteiger partial charge on any atom is 0.227 e. The van der Waals surface area contributed by atoms with Crippen LogP contribution in [0, 0.1) is 5.92 Å². The molecule has 0 aliphatic carbocycles. The third-order valence-electron chi connectivity index (χ3n) is 3.51. The first kappa shape index (κ1) is 14.1. The highest BCUT2D eigenvalue weighted by molar-refractivity contribution is 6.64. The van der Waals surface area contributed by atoms with E-state index in [1.165, 1.54) is 18.4 Å². The van der Waals surface area contributed by atoms with E-state index in [1.54, 1.807) is 4.90 Å². The monoisotopic (exact) mass is 279 g/mol. The molecule has 1 atom stereocenters. The zero-order chi connectivity index (χ0) is 13.8. The SMILES string of the molecule is CCCCc1ccc(N2C[C@@H](C(=O)Cl)CC2=O)cc1. The highest BCUT2D eigenvalue weighted by Gasteiger charge is 2.34. The summed E-state index contributed by atoms with van der Waals surface area (Å²) in [6.45, 7) is 2.57. The lowest BCUT2D eigenvalue weighted by atomic mass is 10.1. The van der Waals surface area contributed by atoms with Gasteiger partial charge in [0, 0.05) is 18.7 Å². The van der Waals surface area contributed by atoms with Crippen LogP contribution in [0.25, 0.3) is 0 Å². The molecule has 4 heteroatoms. The van der Waals surface area contributed by atoms with Gasteiger partial charge in [0.1, 0.15) is 0 Å². The molecule has 0 radical (unpaired) electrons. The molecule has 102 valence electrons. The van der Waals surface area contributed by atoms with Gasteiger partial charge >= 0.3 is 0 Å². The van der Waals surface area contributed by atoms with Crippen LogP contribution in [0.2, 0.25) is 0 Å². The van der Waals surface area contributed by atoms with Crippen molar-refractivity contribution in [2.24, 2.45) is 5.92 Å². The van der Waals surface area contributed by atoms with E-state index in [4.69, 9.17) is 11.6 Å². The molecule has 0 N–H and O–H groups in total. The molecule has 0 spiro atoms. The minimum atomic E-state index is -0.421.